The van der Waals surface area contributed by atoms with Crippen molar-refractivity contribution >= 4 is 35.3 Å². The second-order valence-electron chi connectivity index (χ2n) is 17.5. The van der Waals surface area contributed by atoms with Crippen molar-refractivity contribution in [2.24, 2.45) is 41.4 Å². The van der Waals surface area contributed by atoms with Gasteiger partial charge in [0, 0.05) is 65.5 Å². The summed E-state index contributed by atoms with van der Waals surface area (Å²) in [4.78, 5) is 87.2. The van der Waals surface area contributed by atoms with Gasteiger partial charge in [-0.2, -0.15) is 0 Å². The van der Waals surface area contributed by atoms with Crippen LogP contribution in [0.15, 0.2) is 30.3 Å². The first kappa shape index (κ1) is 50.5. The fourth-order valence-electron chi connectivity index (χ4n) is 8.86. The average Bonchev–Trinajstić information content (AvgIpc) is 3.68. The van der Waals surface area contributed by atoms with Gasteiger partial charge in [-0.15, -0.1) is 0 Å². The molecule has 1 aromatic carbocycles. The summed E-state index contributed by atoms with van der Waals surface area (Å²) in [6.07, 6.45) is 1.19. The Morgan fingerprint density at radius 2 is 1.40 bits per heavy atom. The number of esters is 1. The van der Waals surface area contributed by atoms with Crippen LogP contribution in [0.2, 0.25) is 0 Å². The van der Waals surface area contributed by atoms with E-state index in [0.717, 1.165) is 12.0 Å². The van der Waals surface area contributed by atoms with Crippen molar-refractivity contribution in [2.75, 3.05) is 42.0 Å². The number of rotatable bonds is 24. The Hall–Kier alpha value is -3.64. The third kappa shape index (κ3) is 13.2. The number of benzene rings is 1. The lowest BCUT2D eigenvalue weighted by atomic mass is 9.83. The van der Waals surface area contributed by atoms with Crippen molar-refractivity contribution in [1.82, 2.24) is 14.7 Å². The van der Waals surface area contributed by atoms with Gasteiger partial charge in [0.05, 0.1) is 49.8 Å². The molecule has 0 unspecified atom stereocenters. The summed E-state index contributed by atoms with van der Waals surface area (Å²) in [6, 6.07) is 8.01. The Morgan fingerprint density at radius 3 is 1.90 bits per heavy atom. The molecular weight excluding hydrogens is 739 g/mol. The number of likely N-dealkylation sites (N-methyl/N-ethyl adjacent to an activating group) is 2. The van der Waals surface area contributed by atoms with Gasteiger partial charge in [0.15, 0.2) is 5.78 Å². The van der Waals surface area contributed by atoms with Gasteiger partial charge in [-0.05, 0) is 42.6 Å². The highest BCUT2D eigenvalue weighted by Crippen LogP contribution is 2.32. The van der Waals surface area contributed by atoms with E-state index in [4.69, 9.17) is 14.2 Å². The molecular formula is C46H75N3O9. The molecule has 1 aliphatic rings. The molecule has 0 saturated carbocycles. The number of likely N-dealkylation sites (tertiary alicyclic amines) is 1. The molecule has 0 aliphatic carbocycles. The zero-order valence-corrected chi connectivity index (χ0v) is 38.0. The first-order valence-electron chi connectivity index (χ1n) is 21.3. The molecule has 328 valence electrons. The van der Waals surface area contributed by atoms with Crippen molar-refractivity contribution in [3.63, 3.8) is 0 Å². The van der Waals surface area contributed by atoms with Crippen LogP contribution in [0.25, 0.3) is 0 Å². The minimum atomic E-state index is -0.658. The number of amides is 3. The lowest BCUT2D eigenvalue weighted by Crippen LogP contribution is -2.54. The monoisotopic (exact) mass is 814 g/mol. The molecule has 12 nitrogen and oxygen atoms in total. The molecule has 0 spiro atoms. The highest BCUT2D eigenvalue weighted by atomic mass is 16.5. The second kappa shape index (κ2) is 23.8. The predicted molar refractivity (Wildman–Crippen MR) is 226 cm³/mol. The van der Waals surface area contributed by atoms with Crippen LogP contribution in [0, 0.1) is 41.4 Å². The molecule has 1 saturated heterocycles. The van der Waals surface area contributed by atoms with Gasteiger partial charge in [-0.1, -0.05) is 99.1 Å². The molecule has 1 heterocycles. The van der Waals surface area contributed by atoms with Gasteiger partial charge in [0.2, 0.25) is 17.7 Å². The van der Waals surface area contributed by atoms with Crippen LogP contribution in [-0.4, -0.2) is 122 Å². The number of methoxy groups -OCH3 is 3. The number of ketones is 2. The molecule has 2 rings (SSSR count). The predicted octanol–water partition coefficient (Wildman–Crippen LogP) is 6.27. The summed E-state index contributed by atoms with van der Waals surface area (Å²) in [7, 11) is 7.82. The normalized spacial score (nSPS) is 18.6. The fourth-order valence-corrected chi connectivity index (χ4v) is 8.86. The fraction of sp³-hybridized carbons (Fsp3) is 0.739. The molecule has 0 N–H and O–H groups in total. The van der Waals surface area contributed by atoms with E-state index in [-0.39, 0.29) is 78.3 Å². The SMILES string of the molecule is CC[C@H](C)[C@@H]([C@@H](CC(=O)N1CCC[C@H]1[C@H](OC)[C@@H](C)C(=O)C[C@@H](Cc1ccccc1)C(=O)OC)OC)N(C)C(=O)[C@@H](CC(=O)[C@H](C(C)C)N(C)C(=O)C(C)C)C(C)C. The topological polar surface area (TPSA) is 140 Å². The van der Waals surface area contributed by atoms with E-state index in [2.05, 4.69) is 0 Å². The highest BCUT2D eigenvalue weighted by Gasteiger charge is 2.44. The number of carbonyl (C=O) groups excluding carboxylic acids is 6. The first-order valence-corrected chi connectivity index (χ1v) is 21.3. The van der Waals surface area contributed by atoms with Gasteiger partial charge in [-0.3, -0.25) is 28.8 Å². The van der Waals surface area contributed by atoms with Crippen molar-refractivity contribution < 1.29 is 43.0 Å². The number of hydrogen-bond donors (Lipinski definition) is 0. The Morgan fingerprint density at radius 1 is 0.776 bits per heavy atom. The van der Waals surface area contributed by atoms with Gasteiger partial charge < -0.3 is 28.9 Å². The molecule has 1 fully saturated rings. The summed E-state index contributed by atoms with van der Waals surface area (Å²) in [6.45, 7) is 17.7. The van der Waals surface area contributed by atoms with Crippen LogP contribution in [0.1, 0.15) is 106 Å². The summed E-state index contributed by atoms with van der Waals surface area (Å²) in [5.74, 6) is -3.73. The Kier molecular flexibility index (Phi) is 20.7. The average molecular weight is 814 g/mol. The number of hydrogen-bond acceptors (Lipinski definition) is 9. The maximum Gasteiger partial charge on any atom is 0.309 e. The number of nitrogens with zero attached hydrogens (tertiary/aromatic N) is 3. The minimum Gasteiger partial charge on any atom is -0.469 e. The van der Waals surface area contributed by atoms with E-state index < -0.39 is 48.0 Å². The molecule has 12 heteroatoms. The third-order valence-electron chi connectivity index (χ3n) is 12.4. The quantitative estimate of drug-likeness (QED) is 0.111. The van der Waals surface area contributed by atoms with Crippen LogP contribution in [0.3, 0.4) is 0 Å². The second-order valence-corrected chi connectivity index (χ2v) is 17.5. The molecule has 9 atom stereocenters. The molecule has 0 aromatic heterocycles. The van der Waals surface area contributed by atoms with Gasteiger partial charge in [-0.25, -0.2) is 0 Å². The molecule has 1 aromatic rings. The van der Waals surface area contributed by atoms with Crippen LogP contribution in [0.5, 0.6) is 0 Å². The highest BCUT2D eigenvalue weighted by molar-refractivity contribution is 5.93. The van der Waals surface area contributed by atoms with Gasteiger partial charge in [0.25, 0.3) is 0 Å². The number of carbonyl (C=O) groups is 6. The Bertz CT molecular complexity index is 1500. The lowest BCUT2D eigenvalue weighted by Gasteiger charge is -2.41. The van der Waals surface area contributed by atoms with E-state index in [1.165, 1.54) is 12.0 Å². The zero-order chi connectivity index (χ0) is 44.0. The number of Topliss-reactive ketones (excluding diaryl/α,β-unsaturated/α-hetero) is 2. The third-order valence-corrected chi connectivity index (χ3v) is 12.4. The Labute approximate surface area is 349 Å². The lowest BCUT2D eigenvalue weighted by molar-refractivity contribution is -0.150. The smallest absolute Gasteiger partial charge is 0.309 e. The van der Waals surface area contributed by atoms with E-state index in [0.29, 0.717) is 25.8 Å². The van der Waals surface area contributed by atoms with Crippen molar-refractivity contribution in [2.45, 2.75) is 138 Å². The molecule has 3 amide bonds. The molecule has 0 radical (unpaired) electrons. The maximum absolute atomic E-state index is 14.5. The summed E-state index contributed by atoms with van der Waals surface area (Å²) < 4.78 is 17.1. The maximum atomic E-state index is 14.5. The van der Waals surface area contributed by atoms with Crippen LogP contribution >= 0.6 is 0 Å². The molecule has 1 aliphatic heterocycles. The van der Waals surface area contributed by atoms with Crippen LogP contribution in [0.4, 0.5) is 0 Å². The van der Waals surface area contributed by atoms with Crippen LogP contribution < -0.4 is 0 Å². The van der Waals surface area contributed by atoms with E-state index in [9.17, 15) is 28.8 Å². The molecule has 58 heavy (non-hydrogen) atoms. The van der Waals surface area contributed by atoms with E-state index in [1.807, 2.05) is 71.9 Å². The van der Waals surface area contributed by atoms with Crippen molar-refractivity contribution in [3.8, 4) is 0 Å². The van der Waals surface area contributed by atoms with Gasteiger partial charge >= 0.3 is 5.97 Å². The van der Waals surface area contributed by atoms with Crippen LogP contribution in [-0.2, 0) is 49.4 Å². The first-order chi connectivity index (χ1) is 27.3. The van der Waals surface area contributed by atoms with E-state index in [1.54, 1.807) is 58.9 Å². The largest absolute Gasteiger partial charge is 0.469 e. The summed E-state index contributed by atoms with van der Waals surface area (Å²) in [5.41, 5.74) is 0.931. The summed E-state index contributed by atoms with van der Waals surface area (Å²) in [5, 5.41) is 0. The van der Waals surface area contributed by atoms with Crippen molar-refractivity contribution in [1.29, 1.82) is 0 Å². The zero-order valence-electron chi connectivity index (χ0n) is 38.0. The van der Waals surface area contributed by atoms with Crippen molar-refractivity contribution in [3.05, 3.63) is 35.9 Å². The minimum absolute atomic E-state index is 0.00267. The van der Waals surface area contributed by atoms with Gasteiger partial charge in [0.1, 0.15) is 5.78 Å². The molecule has 0 bridgehead atoms. The Balaban J connectivity index is 2.31. The number of ether oxygens (including phenoxy) is 3. The standard InChI is InChI=1S/C46H75N3O9/c1-15-31(8)42(48(11)45(54)35(28(2)3)26-38(51)41(29(4)5)47(10)44(53)30(6)7)39(56-12)27-40(52)49-23-19-22-36(49)43(57-13)32(9)37(50)25-34(46(55)58-14)24-33-20-17-16-18-21-33/h16-18,20-21,28-32,34-36,39,41-43H,15,19,22-27H2,1-14H3/t31-,32-,34+,35-,36-,39+,41-,42-,43+/m0/s1. The van der Waals surface area contributed by atoms with E-state index >= 15 is 0 Å². The summed E-state index contributed by atoms with van der Waals surface area (Å²) >= 11 is 0.